The molecule has 5 nitrogen and oxygen atoms in total. The zero-order valence-corrected chi connectivity index (χ0v) is 17.4. The largest absolute Gasteiger partial charge is 0.379 e. The van der Waals surface area contributed by atoms with Gasteiger partial charge in [0.15, 0.2) is 5.96 Å². The van der Waals surface area contributed by atoms with E-state index < -0.39 is 0 Å². The molecule has 1 rings (SSSR count). The van der Waals surface area contributed by atoms with Crippen molar-refractivity contribution in [1.82, 2.24) is 15.1 Å². The molecule has 23 heavy (non-hydrogen) atoms. The summed E-state index contributed by atoms with van der Waals surface area (Å²) in [4.78, 5) is 9.50. The second-order valence-corrected chi connectivity index (χ2v) is 6.07. The molecular weight excluding hydrogens is 403 g/mol. The van der Waals surface area contributed by atoms with Crippen LogP contribution in [-0.4, -0.2) is 75.3 Å². The smallest absolute Gasteiger partial charge is 0.193 e. The molecule has 0 amide bonds. The van der Waals surface area contributed by atoms with E-state index in [1.165, 1.54) is 0 Å². The van der Waals surface area contributed by atoms with Crippen LogP contribution in [0.3, 0.4) is 0 Å². The molecule has 0 aliphatic carbocycles. The Labute approximate surface area is 159 Å². The lowest BCUT2D eigenvalue weighted by atomic mass is 10.1. The number of nitrogens with one attached hydrogen (secondary N) is 1. The Morgan fingerprint density at radius 3 is 2.74 bits per heavy atom. The number of morpholine rings is 1. The second-order valence-electron chi connectivity index (χ2n) is 6.07. The van der Waals surface area contributed by atoms with Gasteiger partial charge in [0.25, 0.3) is 0 Å². The fourth-order valence-electron chi connectivity index (χ4n) is 2.57. The molecule has 0 spiro atoms. The molecule has 136 valence electrons. The zero-order valence-electron chi connectivity index (χ0n) is 15.1. The van der Waals surface area contributed by atoms with Crippen molar-refractivity contribution >= 4 is 29.9 Å². The van der Waals surface area contributed by atoms with Crippen LogP contribution in [0.1, 0.15) is 26.7 Å². The van der Waals surface area contributed by atoms with Gasteiger partial charge in [-0.05, 0) is 25.7 Å². The average Bonchev–Trinajstić information content (AvgIpc) is 2.52. The van der Waals surface area contributed by atoms with E-state index in [-0.39, 0.29) is 24.0 Å². The van der Waals surface area contributed by atoms with E-state index in [1.54, 1.807) is 0 Å². The summed E-state index contributed by atoms with van der Waals surface area (Å²) in [7, 11) is 2.11. The molecule has 0 saturated carbocycles. The van der Waals surface area contributed by atoms with Crippen molar-refractivity contribution in [1.29, 1.82) is 0 Å². The number of hydrogen-bond donors (Lipinski definition) is 1. The van der Waals surface area contributed by atoms with Crippen molar-refractivity contribution in [2.24, 2.45) is 10.9 Å². The summed E-state index contributed by atoms with van der Waals surface area (Å²) in [6.45, 7) is 15.9. The fraction of sp³-hybridized carbons (Fsp3) is 0.824. The molecule has 1 saturated heterocycles. The third-order valence-electron chi connectivity index (χ3n) is 3.82. The van der Waals surface area contributed by atoms with Gasteiger partial charge >= 0.3 is 0 Å². The highest BCUT2D eigenvalue weighted by Gasteiger charge is 2.14. The van der Waals surface area contributed by atoms with Gasteiger partial charge in [-0.3, -0.25) is 9.89 Å². The normalized spacial score (nSPS) is 17.3. The van der Waals surface area contributed by atoms with Gasteiger partial charge in [0, 0.05) is 46.3 Å². The lowest BCUT2D eigenvalue weighted by Crippen LogP contribution is -2.41. The molecule has 1 unspecified atom stereocenters. The fourth-order valence-corrected chi connectivity index (χ4v) is 2.57. The maximum absolute atomic E-state index is 5.40. The van der Waals surface area contributed by atoms with Gasteiger partial charge in [-0.25, -0.2) is 0 Å². The predicted molar refractivity (Wildman–Crippen MR) is 110 cm³/mol. The molecule has 1 aliphatic heterocycles. The van der Waals surface area contributed by atoms with E-state index in [2.05, 4.69) is 42.6 Å². The summed E-state index contributed by atoms with van der Waals surface area (Å²) in [5, 5.41) is 3.38. The van der Waals surface area contributed by atoms with Crippen LogP contribution in [0, 0.1) is 5.92 Å². The minimum atomic E-state index is 0. The highest BCUT2D eigenvalue weighted by molar-refractivity contribution is 14.0. The van der Waals surface area contributed by atoms with Crippen molar-refractivity contribution in [3.05, 3.63) is 12.7 Å². The standard InChI is InChI=1S/C17H34N4O.HI/c1-5-7-8-9-20(4)17(18-6-2)19-14-16(3)15-21-10-12-22-13-11-21;/h5,16H,1,6-15H2,2-4H3,(H,18,19);1H. The van der Waals surface area contributed by atoms with Crippen LogP contribution >= 0.6 is 24.0 Å². The first kappa shape index (κ1) is 22.7. The molecule has 0 radical (unpaired) electrons. The summed E-state index contributed by atoms with van der Waals surface area (Å²) < 4.78 is 5.40. The average molecular weight is 438 g/mol. The molecule has 1 heterocycles. The number of halogens is 1. The lowest BCUT2D eigenvalue weighted by molar-refractivity contribution is 0.0323. The van der Waals surface area contributed by atoms with E-state index in [0.717, 1.165) is 71.3 Å². The molecule has 0 aromatic heterocycles. The van der Waals surface area contributed by atoms with Crippen molar-refractivity contribution in [2.45, 2.75) is 26.7 Å². The van der Waals surface area contributed by atoms with E-state index in [1.807, 2.05) is 6.08 Å². The zero-order chi connectivity index (χ0) is 16.2. The van der Waals surface area contributed by atoms with Gasteiger partial charge < -0.3 is 15.0 Å². The van der Waals surface area contributed by atoms with Crippen LogP contribution in [0.5, 0.6) is 0 Å². The van der Waals surface area contributed by atoms with Crippen LogP contribution in [0.2, 0.25) is 0 Å². The van der Waals surface area contributed by atoms with Gasteiger partial charge in [0.1, 0.15) is 0 Å². The van der Waals surface area contributed by atoms with E-state index in [4.69, 9.17) is 9.73 Å². The Hall–Kier alpha value is -0.340. The summed E-state index contributed by atoms with van der Waals surface area (Å²) in [5.41, 5.74) is 0. The predicted octanol–water partition coefficient (Wildman–Crippen LogP) is 2.44. The van der Waals surface area contributed by atoms with Crippen molar-refractivity contribution < 1.29 is 4.74 Å². The number of unbranched alkanes of at least 4 members (excludes halogenated alkanes) is 1. The van der Waals surface area contributed by atoms with Crippen LogP contribution in [0.4, 0.5) is 0 Å². The van der Waals surface area contributed by atoms with Gasteiger partial charge in [0.05, 0.1) is 13.2 Å². The number of allylic oxidation sites excluding steroid dienone is 1. The Morgan fingerprint density at radius 1 is 1.43 bits per heavy atom. The van der Waals surface area contributed by atoms with Gasteiger partial charge in [-0.1, -0.05) is 13.0 Å². The quantitative estimate of drug-likeness (QED) is 0.197. The van der Waals surface area contributed by atoms with Crippen LogP contribution < -0.4 is 5.32 Å². The lowest BCUT2D eigenvalue weighted by Gasteiger charge is -2.29. The second kappa shape index (κ2) is 14.0. The summed E-state index contributed by atoms with van der Waals surface area (Å²) in [6, 6.07) is 0. The third kappa shape index (κ3) is 10.2. The number of ether oxygens (including phenoxy) is 1. The molecule has 6 heteroatoms. The number of guanidine groups is 1. The molecule has 1 fully saturated rings. The molecular formula is C17H35IN4O. The summed E-state index contributed by atoms with van der Waals surface area (Å²) in [5.74, 6) is 1.58. The molecule has 1 atom stereocenters. The number of hydrogen-bond acceptors (Lipinski definition) is 3. The van der Waals surface area contributed by atoms with Crippen molar-refractivity contribution in [2.75, 3.05) is 59.5 Å². The molecule has 1 N–H and O–H groups in total. The van der Waals surface area contributed by atoms with Crippen molar-refractivity contribution in [3.8, 4) is 0 Å². The van der Waals surface area contributed by atoms with Crippen molar-refractivity contribution in [3.63, 3.8) is 0 Å². The summed E-state index contributed by atoms with van der Waals surface area (Å²) >= 11 is 0. The Morgan fingerprint density at radius 2 is 2.13 bits per heavy atom. The maximum Gasteiger partial charge on any atom is 0.193 e. The minimum absolute atomic E-state index is 0. The first-order valence-corrected chi connectivity index (χ1v) is 8.57. The number of rotatable bonds is 9. The highest BCUT2D eigenvalue weighted by atomic mass is 127. The van der Waals surface area contributed by atoms with Gasteiger partial charge in [-0.15, -0.1) is 30.6 Å². The molecule has 0 aromatic rings. The minimum Gasteiger partial charge on any atom is -0.379 e. The highest BCUT2D eigenvalue weighted by Crippen LogP contribution is 2.04. The van der Waals surface area contributed by atoms with E-state index in [9.17, 15) is 0 Å². The Kier molecular flexibility index (Phi) is 13.8. The van der Waals surface area contributed by atoms with E-state index in [0.29, 0.717) is 5.92 Å². The van der Waals surface area contributed by atoms with Crippen LogP contribution in [0.15, 0.2) is 17.6 Å². The molecule has 0 bridgehead atoms. The number of aliphatic imine (C=N–C) groups is 1. The van der Waals surface area contributed by atoms with Gasteiger partial charge in [-0.2, -0.15) is 0 Å². The van der Waals surface area contributed by atoms with Crippen LogP contribution in [0.25, 0.3) is 0 Å². The van der Waals surface area contributed by atoms with Crippen LogP contribution in [-0.2, 0) is 4.74 Å². The Bertz CT molecular complexity index is 333. The Balaban J connectivity index is 0.00000484. The first-order chi connectivity index (χ1) is 10.7. The first-order valence-electron chi connectivity index (χ1n) is 8.57. The topological polar surface area (TPSA) is 40.1 Å². The summed E-state index contributed by atoms with van der Waals surface area (Å²) in [6.07, 6.45) is 4.15. The maximum atomic E-state index is 5.40. The molecule has 1 aliphatic rings. The third-order valence-corrected chi connectivity index (χ3v) is 3.82. The molecule has 0 aromatic carbocycles. The van der Waals surface area contributed by atoms with E-state index >= 15 is 0 Å². The number of nitrogens with zero attached hydrogens (tertiary/aromatic N) is 3. The SMILES string of the molecule is C=CCCCN(C)C(=NCC(C)CN1CCOCC1)NCC.I. The van der Waals surface area contributed by atoms with Gasteiger partial charge in [0.2, 0.25) is 0 Å². The monoisotopic (exact) mass is 438 g/mol.